The molecular formula is C12H14Cl2O4. The standard InChI is InChI=1S/C12H14Cl2O4/c1-16-11-8-9(12(15)18-7-5-14)2-3-10(11)17-6-4-13/h2-3,8H,4-7H2,1H3. The normalized spacial score (nSPS) is 9.94. The SMILES string of the molecule is COc1cc(C(=O)OCCCl)ccc1OCCCl. The molecule has 1 rings (SSSR count). The second-order valence-electron chi connectivity index (χ2n) is 3.23. The van der Waals surface area contributed by atoms with E-state index in [-0.39, 0.29) is 12.5 Å². The van der Waals surface area contributed by atoms with Crippen molar-refractivity contribution < 1.29 is 19.0 Å². The van der Waals surface area contributed by atoms with Crippen molar-refractivity contribution in [2.75, 3.05) is 32.1 Å². The largest absolute Gasteiger partial charge is 0.493 e. The van der Waals surface area contributed by atoms with Crippen molar-refractivity contribution >= 4 is 29.2 Å². The Morgan fingerprint density at radius 2 is 1.89 bits per heavy atom. The molecule has 0 atom stereocenters. The Morgan fingerprint density at radius 1 is 1.17 bits per heavy atom. The summed E-state index contributed by atoms with van der Waals surface area (Å²) in [4.78, 5) is 11.6. The Morgan fingerprint density at radius 3 is 2.50 bits per heavy atom. The van der Waals surface area contributed by atoms with Gasteiger partial charge in [-0.2, -0.15) is 0 Å². The van der Waals surface area contributed by atoms with Crippen LogP contribution >= 0.6 is 23.2 Å². The summed E-state index contributed by atoms with van der Waals surface area (Å²) in [6.45, 7) is 0.543. The molecule has 1 aromatic carbocycles. The van der Waals surface area contributed by atoms with E-state index in [1.165, 1.54) is 7.11 Å². The zero-order valence-corrected chi connectivity index (χ0v) is 11.5. The minimum Gasteiger partial charge on any atom is -0.493 e. The highest BCUT2D eigenvalue weighted by molar-refractivity contribution is 6.18. The third kappa shape index (κ3) is 4.27. The second kappa shape index (κ2) is 8.06. The van der Waals surface area contributed by atoms with E-state index in [0.29, 0.717) is 29.5 Å². The molecular weight excluding hydrogens is 279 g/mol. The fourth-order valence-electron chi connectivity index (χ4n) is 1.28. The van der Waals surface area contributed by atoms with Crippen LogP contribution in [-0.2, 0) is 4.74 Å². The molecule has 0 aliphatic carbocycles. The Balaban J connectivity index is 2.80. The molecule has 0 amide bonds. The van der Waals surface area contributed by atoms with Crippen LogP contribution in [0.3, 0.4) is 0 Å². The van der Waals surface area contributed by atoms with Gasteiger partial charge in [0, 0.05) is 0 Å². The van der Waals surface area contributed by atoms with Crippen molar-refractivity contribution in [3.63, 3.8) is 0 Å². The number of esters is 1. The van der Waals surface area contributed by atoms with Crippen LogP contribution in [-0.4, -0.2) is 38.1 Å². The molecule has 0 heterocycles. The van der Waals surface area contributed by atoms with E-state index in [9.17, 15) is 4.79 Å². The van der Waals surface area contributed by atoms with E-state index in [1.807, 2.05) is 0 Å². The lowest BCUT2D eigenvalue weighted by Gasteiger charge is -2.11. The number of rotatable bonds is 7. The fraction of sp³-hybridized carbons (Fsp3) is 0.417. The lowest BCUT2D eigenvalue weighted by atomic mass is 10.2. The number of halogens is 2. The molecule has 1 aromatic rings. The molecule has 0 aliphatic rings. The van der Waals surface area contributed by atoms with Crippen molar-refractivity contribution in [1.29, 1.82) is 0 Å². The lowest BCUT2D eigenvalue weighted by Crippen LogP contribution is -2.08. The number of benzene rings is 1. The van der Waals surface area contributed by atoms with E-state index >= 15 is 0 Å². The Bertz CT molecular complexity index is 396. The highest BCUT2D eigenvalue weighted by Crippen LogP contribution is 2.28. The molecule has 0 N–H and O–H groups in total. The molecule has 0 aliphatic heterocycles. The summed E-state index contributed by atoms with van der Waals surface area (Å²) in [5.74, 6) is 1.19. The summed E-state index contributed by atoms with van der Waals surface area (Å²) >= 11 is 11.0. The van der Waals surface area contributed by atoms with E-state index in [0.717, 1.165) is 0 Å². The van der Waals surface area contributed by atoms with Gasteiger partial charge in [0.05, 0.1) is 24.4 Å². The Kier molecular flexibility index (Phi) is 6.68. The number of carbonyl (C=O) groups excluding carboxylic acids is 1. The first kappa shape index (κ1) is 14.9. The third-order valence-electron chi connectivity index (χ3n) is 2.04. The van der Waals surface area contributed by atoms with Crippen LogP contribution in [0.5, 0.6) is 11.5 Å². The number of hydrogen-bond acceptors (Lipinski definition) is 4. The van der Waals surface area contributed by atoms with Crippen molar-refractivity contribution in [2.45, 2.75) is 0 Å². The number of hydrogen-bond donors (Lipinski definition) is 0. The van der Waals surface area contributed by atoms with Crippen LogP contribution in [0.25, 0.3) is 0 Å². The van der Waals surface area contributed by atoms with Crippen LogP contribution in [0, 0.1) is 0 Å². The summed E-state index contributed by atoms with van der Waals surface area (Å²) in [6.07, 6.45) is 0. The van der Waals surface area contributed by atoms with Gasteiger partial charge in [-0.25, -0.2) is 4.79 Å². The zero-order valence-electron chi connectivity index (χ0n) is 9.95. The van der Waals surface area contributed by atoms with Gasteiger partial charge < -0.3 is 14.2 Å². The van der Waals surface area contributed by atoms with E-state index in [4.69, 9.17) is 37.4 Å². The van der Waals surface area contributed by atoms with Crippen molar-refractivity contribution in [1.82, 2.24) is 0 Å². The maximum absolute atomic E-state index is 11.6. The summed E-state index contributed by atoms with van der Waals surface area (Å²) in [5.41, 5.74) is 0.384. The number of methoxy groups -OCH3 is 1. The summed E-state index contributed by atoms with van der Waals surface area (Å²) in [5, 5.41) is 0. The monoisotopic (exact) mass is 292 g/mol. The first-order valence-electron chi connectivity index (χ1n) is 5.32. The van der Waals surface area contributed by atoms with Gasteiger partial charge in [0.15, 0.2) is 11.5 Å². The molecule has 0 radical (unpaired) electrons. The summed E-state index contributed by atoms with van der Waals surface area (Å²) < 4.78 is 15.4. The molecule has 0 bridgehead atoms. The van der Waals surface area contributed by atoms with Crippen molar-refractivity contribution in [3.8, 4) is 11.5 Å². The quantitative estimate of drug-likeness (QED) is 0.573. The van der Waals surface area contributed by atoms with Crippen LogP contribution < -0.4 is 9.47 Å². The Labute approximate surface area is 116 Å². The van der Waals surface area contributed by atoms with Crippen LogP contribution in [0.1, 0.15) is 10.4 Å². The second-order valence-corrected chi connectivity index (χ2v) is 3.98. The molecule has 18 heavy (non-hydrogen) atoms. The average Bonchev–Trinajstić information content (AvgIpc) is 2.42. The van der Waals surface area contributed by atoms with Crippen LogP contribution in [0.4, 0.5) is 0 Å². The Hall–Kier alpha value is -1.13. The number of ether oxygens (including phenoxy) is 3. The molecule has 100 valence electrons. The molecule has 0 saturated carbocycles. The van der Waals surface area contributed by atoms with Crippen molar-refractivity contribution in [2.24, 2.45) is 0 Å². The van der Waals surface area contributed by atoms with E-state index in [2.05, 4.69) is 0 Å². The van der Waals surface area contributed by atoms with Gasteiger partial charge in [-0.05, 0) is 18.2 Å². The summed E-state index contributed by atoms with van der Waals surface area (Å²) in [6, 6.07) is 4.80. The predicted molar refractivity (Wildman–Crippen MR) is 70.2 cm³/mol. The molecule has 0 aromatic heterocycles. The van der Waals surface area contributed by atoms with E-state index in [1.54, 1.807) is 18.2 Å². The van der Waals surface area contributed by atoms with Gasteiger partial charge in [-0.1, -0.05) is 0 Å². The molecule has 0 unspecified atom stereocenters. The van der Waals surface area contributed by atoms with Gasteiger partial charge in [-0.15, -0.1) is 23.2 Å². The highest BCUT2D eigenvalue weighted by Gasteiger charge is 2.12. The van der Waals surface area contributed by atoms with Gasteiger partial charge in [0.2, 0.25) is 0 Å². The smallest absolute Gasteiger partial charge is 0.338 e. The predicted octanol–water partition coefficient (Wildman–Crippen LogP) is 2.71. The topological polar surface area (TPSA) is 44.8 Å². The first-order valence-corrected chi connectivity index (χ1v) is 6.39. The van der Waals surface area contributed by atoms with Gasteiger partial charge in [0.1, 0.15) is 13.2 Å². The van der Waals surface area contributed by atoms with E-state index < -0.39 is 5.97 Å². The molecule has 4 nitrogen and oxygen atoms in total. The van der Waals surface area contributed by atoms with Crippen LogP contribution in [0.15, 0.2) is 18.2 Å². The average molecular weight is 293 g/mol. The fourth-order valence-corrected chi connectivity index (χ4v) is 1.43. The summed E-state index contributed by atoms with van der Waals surface area (Å²) in [7, 11) is 1.50. The highest BCUT2D eigenvalue weighted by atomic mass is 35.5. The maximum atomic E-state index is 11.6. The zero-order chi connectivity index (χ0) is 13.4. The van der Waals surface area contributed by atoms with Crippen molar-refractivity contribution in [3.05, 3.63) is 23.8 Å². The number of alkyl halides is 2. The van der Waals surface area contributed by atoms with Crippen LogP contribution in [0.2, 0.25) is 0 Å². The number of carbonyl (C=O) groups is 1. The first-order chi connectivity index (χ1) is 8.72. The van der Waals surface area contributed by atoms with Gasteiger partial charge in [0.25, 0.3) is 0 Å². The maximum Gasteiger partial charge on any atom is 0.338 e. The molecule has 6 heteroatoms. The van der Waals surface area contributed by atoms with Gasteiger partial charge in [-0.3, -0.25) is 0 Å². The molecule has 0 saturated heterocycles. The molecule has 0 spiro atoms. The third-order valence-corrected chi connectivity index (χ3v) is 2.35. The minimum atomic E-state index is -0.446. The van der Waals surface area contributed by atoms with Gasteiger partial charge >= 0.3 is 5.97 Å². The molecule has 0 fully saturated rings. The minimum absolute atomic E-state index is 0.174. The lowest BCUT2D eigenvalue weighted by molar-refractivity contribution is 0.0528.